The molecule has 130 valence electrons. The summed E-state index contributed by atoms with van der Waals surface area (Å²) in [7, 11) is 0. The average Bonchev–Trinajstić information content (AvgIpc) is 3.08. The molecular formula is C19H16FN5O. The Hall–Kier alpha value is -3.48. The largest absolute Gasteiger partial charge is 0.358 e. The van der Waals surface area contributed by atoms with E-state index in [9.17, 15) is 9.18 Å². The van der Waals surface area contributed by atoms with Crippen LogP contribution in [0.1, 0.15) is 21.7 Å². The molecule has 1 aromatic carbocycles. The molecule has 0 radical (unpaired) electrons. The van der Waals surface area contributed by atoms with Crippen LogP contribution in [0.3, 0.4) is 0 Å². The van der Waals surface area contributed by atoms with E-state index in [0.717, 1.165) is 23.4 Å². The van der Waals surface area contributed by atoms with Crippen molar-refractivity contribution in [3.63, 3.8) is 0 Å². The van der Waals surface area contributed by atoms with Gasteiger partial charge in [-0.2, -0.15) is 5.10 Å². The minimum atomic E-state index is -0.329. The SMILES string of the molecule is O=C1NCCc2[nH]c(-c3ccnc(/C=N/Nc4cccc(F)c4)c3)cc21. The molecule has 2 aromatic heterocycles. The van der Waals surface area contributed by atoms with Gasteiger partial charge < -0.3 is 10.3 Å². The highest BCUT2D eigenvalue weighted by Gasteiger charge is 2.19. The third-order valence-electron chi connectivity index (χ3n) is 4.11. The summed E-state index contributed by atoms with van der Waals surface area (Å²) < 4.78 is 13.1. The van der Waals surface area contributed by atoms with Gasteiger partial charge in [-0.05, 0) is 36.4 Å². The second-order valence-corrected chi connectivity index (χ2v) is 5.93. The fourth-order valence-electron chi connectivity index (χ4n) is 2.87. The number of pyridine rings is 1. The van der Waals surface area contributed by atoms with Gasteiger partial charge in [-0.15, -0.1) is 0 Å². The molecule has 26 heavy (non-hydrogen) atoms. The number of anilines is 1. The van der Waals surface area contributed by atoms with E-state index in [1.807, 2.05) is 18.2 Å². The zero-order chi connectivity index (χ0) is 17.9. The molecule has 1 aliphatic rings. The maximum Gasteiger partial charge on any atom is 0.253 e. The highest BCUT2D eigenvalue weighted by Crippen LogP contribution is 2.24. The first-order chi connectivity index (χ1) is 12.7. The first kappa shape index (κ1) is 16.0. The highest BCUT2D eigenvalue weighted by molar-refractivity contribution is 5.97. The van der Waals surface area contributed by atoms with Crippen LogP contribution in [0.4, 0.5) is 10.1 Å². The Balaban J connectivity index is 1.53. The second-order valence-electron chi connectivity index (χ2n) is 5.93. The lowest BCUT2D eigenvalue weighted by molar-refractivity contribution is 0.0946. The minimum absolute atomic E-state index is 0.0520. The van der Waals surface area contributed by atoms with Gasteiger partial charge in [0.25, 0.3) is 5.91 Å². The number of hydrazone groups is 1. The number of rotatable bonds is 4. The zero-order valence-electron chi connectivity index (χ0n) is 13.8. The molecule has 6 nitrogen and oxygen atoms in total. The maximum atomic E-state index is 13.1. The number of fused-ring (bicyclic) bond motifs is 1. The van der Waals surface area contributed by atoms with Crippen LogP contribution < -0.4 is 10.7 Å². The fraction of sp³-hybridized carbons (Fsp3) is 0.105. The molecule has 3 heterocycles. The molecule has 0 saturated carbocycles. The number of amides is 1. The smallest absolute Gasteiger partial charge is 0.253 e. The Labute approximate surface area is 149 Å². The van der Waals surface area contributed by atoms with Crippen LogP contribution in [0, 0.1) is 5.82 Å². The minimum Gasteiger partial charge on any atom is -0.358 e. The van der Waals surface area contributed by atoms with E-state index < -0.39 is 0 Å². The molecule has 1 amide bonds. The third kappa shape index (κ3) is 3.32. The Kier molecular flexibility index (Phi) is 4.18. The number of hydrogen-bond acceptors (Lipinski definition) is 4. The standard InChI is InChI=1S/C19H16FN5O/c20-13-2-1-3-14(9-13)25-23-11-15-8-12(4-6-21-15)18-10-16-17(24-18)5-7-22-19(16)26/h1-4,6,8-11,24-25H,5,7H2,(H,22,26)/b23-11+. The lowest BCUT2D eigenvalue weighted by atomic mass is 10.1. The first-order valence-electron chi connectivity index (χ1n) is 8.20. The van der Waals surface area contributed by atoms with Crippen molar-refractivity contribution >= 4 is 17.8 Å². The second kappa shape index (κ2) is 6.79. The topological polar surface area (TPSA) is 82.2 Å². The summed E-state index contributed by atoms with van der Waals surface area (Å²) in [6, 6.07) is 11.6. The van der Waals surface area contributed by atoms with Gasteiger partial charge in [-0.1, -0.05) is 6.07 Å². The molecule has 0 spiro atoms. The number of aromatic amines is 1. The summed E-state index contributed by atoms with van der Waals surface area (Å²) in [5.41, 5.74) is 7.37. The molecule has 1 aliphatic heterocycles. The quantitative estimate of drug-likeness (QED) is 0.500. The number of H-pyrrole nitrogens is 1. The number of hydrogen-bond donors (Lipinski definition) is 3. The van der Waals surface area contributed by atoms with Crippen molar-refractivity contribution in [2.45, 2.75) is 6.42 Å². The summed E-state index contributed by atoms with van der Waals surface area (Å²) in [5.74, 6) is -0.381. The van der Waals surface area contributed by atoms with Gasteiger partial charge >= 0.3 is 0 Å². The Morgan fingerprint density at radius 2 is 2.15 bits per heavy atom. The van der Waals surface area contributed by atoms with E-state index in [2.05, 4.69) is 25.8 Å². The molecule has 3 aromatic rings. The summed E-state index contributed by atoms with van der Waals surface area (Å²) in [6.45, 7) is 0.645. The summed E-state index contributed by atoms with van der Waals surface area (Å²) in [6.07, 6.45) is 4.03. The van der Waals surface area contributed by atoms with E-state index in [0.29, 0.717) is 23.5 Å². The number of halogens is 1. The van der Waals surface area contributed by atoms with Crippen LogP contribution in [0.5, 0.6) is 0 Å². The van der Waals surface area contributed by atoms with E-state index in [1.165, 1.54) is 12.1 Å². The van der Waals surface area contributed by atoms with Crippen LogP contribution in [0.25, 0.3) is 11.3 Å². The maximum absolute atomic E-state index is 13.1. The Morgan fingerprint density at radius 3 is 3.00 bits per heavy atom. The number of carbonyl (C=O) groups excluding carboxylic acids is 1. The predicted octanol–water partition coefficient (Wildman–Crippen LogP) is 2.95. The van der Waals surface area contributed by atoms with E-state index in [1.54, 1.807) is 24.5 Å². The third-order valence-corrected chi connectivity index (χ3v) is 4.11. The van der Waals surface area contributed by atoms with Crippen molar-refractivity contribution in [2.24, 2.45) is 5.10 Å². The lowest BCUT2D eigenvalue weighted by Crippen LogP contribution is -2.31. The van der Waals surface area contributed by atoms with E-state index >= 15 is 0 Å². The zero-order valence-corrected chi connectivity index (χ0v) is 13.8. The van der Waals surface area contributed by atoms with Crippen molar-refractivity contribution in [1.29, 1.82) is 0 Å². The fourth-order valence-corrected chi connectivity index (χ4v) is 2.87. The van der Waals surface area contributed by atoms with Crippen molar-refractivity contribution < 1.29 is 9.18 Å². The van der Waals surface area contributed by atoms with E-state index in [-0.39, 0.29) is 11.7 Å². The molecule has 3 N–H and O–H groups in total. The number of benzene rings is 1. The number of aromatic nitrogens is 2. The highest BCUT2D eigenvalue weighted by atomic mass is 19.1. The number of nitrogens with one attached hydrogen (secondary N) is 3. The molecule has 0 bridgehead atoms. The molecule has 0 unspecified atom stereocenters. The lowest BCUT2D eigenvalue weighted by Gasteiger charge is -2.10. The molecule has 0 aliphatic carbocycles. The Morgan fingerprint density at radius 1 is 1.23 bits per heavy atom. The van der Waals surface area contributed by atoms with Gasteiger partial charge in [-0.3, -0.25) is 15.2 Å². The van der Waals surface area contributed by atoms with Crippen LogP contribution in [-0.2, 0) is 6.42 Å². The van der Waals surface area contributed by atoms with Gasteiger partial charge in [0.15, 0.2) is 0 Å². The van der Waals surface area contributed by atoms with Crippen molar-refractivity contribution in [1.82, 2.24) is 15.3 Å². The van der Waals surface area contributed by atoms with Gasteiger partial charge in [0.05, 0.1) is 23.2 Å². The van der Waals surface area contributed by atoms with Crippen LogP contribution >= 0.6 is 0 Å². The normalized spacial score (nSPS) is 13.5. The van der Waals surface area contributed by atoms with Crippen molar-refractivity contribution in [3.8, 4) is 11.3 Å². The monoisotopic (exact) mass is 349 g/mol. The molecule has 0 atom stereocenters. The molecule has 0 fully saturated rings. The number of carbonyl (C=O) groups is 1. The summed E-state index contributed by atoms with van der Waals surface area (Å²) in [4.78, 5) is 19.5. The van der Waals surface area contributed by atoms with Crippen LogP contribution in [0.2, 0.25) is 0 Å². The molecule has 7 heteroatoms. The Bertz CT molecular complexity index is 995. The van der Waals surface area contributed by atoms with Crippen LogP contribution in [-0.4, -0.2) is 28.6 Å². The van der Waals surface area contributed by atoms with Gasteiger partial charge in [-0.25, -0.2) is 4.39 Å². The van der Waals surface area contributed by atoms with Crippen molar-refractivity contribution in [3.05, 3.63) is 71.4 Å². The molecular weight excluding hydrogens is 333 g/mol. The molecule has 0 saturated heterocycles. The predicted molar refractivity (Wildman–Crippen MR) is 97.7 cm³/mol. The van der Waals surface area contributed by atoms with Crippen LogP contribution in [0.15, 0.2) is 53.8 Å². The first-order valence-corrected chi connectivity index (χ1v) is 8.20. The van der Waals surface area contributed by atoms with E-state index in [4.69, 9.17) is 0 Å². The summed E-state index contributed by atoms with van der Waals surface area (Å²) >= 11 is 0. The van der Waals surface area contributed by atoms with Gasteiger partial charge in [0, 0.05) is 36.1 Å². The summed E-state index contributed by atoms with van der Waals surface area (Å²) in [5, 5.41) is 6.92. The average molecular weight is 349 g/mol. The van der Waals surface area contributed by atoms with Gasteiger partial charge in [0.2, 0.25) is 0 Å². The molecule has 4 rings (SSSR count). The van der Waals surface area contributed by atoms with Gasteiger partial charge in [0.1, 0.15) is 5.82 Å². The number of nitrogens with zero attached hydrogens (tertiary/aromatic N) is 2. The van der Waals surface area contributed by atoms with Crippen molar-refractivity contribution in [2.75, 3.05) is 12.0 Å².